The number of alkyl halides is 1. The fourth-order valence-corrected chi connectivity index (χ4v) is 2.82. The molecule has 2 aromatic rings. The van der Waals surface area contributed by atoms with Gasteiger partial charge in [0.05, 0.1) is 5.38 Å². The Hall–Kier alpha value is -1.87. The minimum atomic E-state index is -0.472. The topological polar surface area (TPSA) is 29.1 Å². The molecule has 3 rings (SSSR count). The molecule has 2 nitrogen and oxygen atoms in total. The lowest BCUT2D eigenvalue weighted by atomic mass is 9.95. The summed E-state index contributed by atoms with van der Waals surface area (Å²) in [6.45, 7) is 2.38. The van der Waals surface area contributed by atoms with Crippen LogP contribution in [-0.4, -0.2) is 12.5 Å². The van der Waals surface area contributed by atoms with Crippen LogP contribution in [-0.2, 0) is 6.42 Å². The highest BCUT2D eigenvalue weighted by Crippen LogP contribution is 2.31. The van der Waals surface area contributed by atoms with Gasteiger partial charge < -0.3 is 5.32 Å². The summed E-state index contributed by atoms with van der Waals surface area (Å²) >= 11 is 6.45. The second-order valence-electron chi connectivity index (χ2n) is 5.29. The largest absolute Gasteiger partial charge is 0.352 e. The van der Waals surface area contributed by atoms with Crippen molar-refractivity contribution in [2.75, 3.05) is 6.54 Å². The lowest BCUT2D eigenvalue weighted by Crippen LogP contribution is -2.31. The van der Waals surface area contributed by atoms with Crippen LogP contribution in [0.5, 0.6) is 0 Å². The standard InChI is InChI=1S/C17H15ClFNO/c1-10-2-3-13(9-15(10)19)16(18)12-5-4-11-6-7-20-17(21)14(11)8-12/h2-5,8-9,16H,6-7H2,1H3,(H,20,21). The predicted octanol–water partition coefficient (Wildman–Crippen LogP) is 3.75. The van der Waals surface area contributed by atoms with Gasteiger partial charge in [-0.15, -0.1) is 11.6 Å². The van der Waals surface area contributed by atoms with E-state index in [0.717, 1.165) is 17.5 Å². The molecule has 1 aliphatic rings. The quantitative estimate of drug-likeness (QED) is 0.841. The second kappa shape index (κ2) is 5.49. The minimum absolute atomic E-state index is 0.0722. The van der Waals surface area contributed by atoms with Crippen molar-refractivity contribution in [3.63, 3.8) is 0 Å². The van der Waals surface area contributed by atoms with Gasteiger partial charge in [0.1, 0.15) is 5.82 Å². The third kappa shape index (κ3) is 2.66. The molecule has 0 spiro atoms. The highest BCUT2D eigenvalue weighted by atomic mass is 35.5. The maximum atomic E-state index is 13.7. The van der Waals surface area contributed by atoms with Crippen molar-refractivity contribution < 1.29 is 9.18 Å². The molecule has 0 saturated heterocycles. The Balaban J connectivity index is 1.98. The van der Waals surface area contributed by atoms with Crippen LogP contribution in [0.4, 0.5) is 4.39 Å². The third-order valence-electron chi connectivity index (χ3n) is 3.84. The van der Waals surface area contributed by atoms with Crippen molar-refractivity contribution in [2.45, 2.75) is 18.7 Å². The van der Waals surface area contributed by atoms with Gasteiger partial charge in [0, 0.05) is 12.1 Å². The van der Waals surface area contributed by atoms with E-state index in [1.165, 1.54) is 6.07 Å². The number of aryl methyl sites for hydroxylation is 1. The van der Waals surface area contributed by atoms with E-state index in [9.17, 15) is 9.18 Å². The van der Waals surface area contributed by atoms with Gasteiger partial charge in [0.15, 0.2) is 0 Å². The van der Waals surface area contributed by atoms with Gasteiger partial charge in [0.2, 0.25) is 0 Å². The number of amides is 1. The first kappa shape index (κ1) is 14.1. The fourth-order valence-electron chi connectivity index (χ4n) is 2.55. The number of fused-ring (bicyclic) bond motifs is 1. The molecule has 0 aliphatic carbocycles. The van der Waals surface area contributed by atoms with Crippen LogP contribution in [0.1, 0.15) is 38.0 Å². The zero-order valence-electron chi connectivity index (χ0n) is 11.6. The molecule has 0 aromatic heterocycles. The number of carbonyl (C=O) groups excluding carboxylic acids is 1. The molecule has 1 heterocycles. The number of halogens is 2. The number of rotatable bonds is 2. The molecule has 1 amide bonds. The van der Waals surface area contributed by atoms with E-state index in [1.807, 2.05) is 18.2 Å². The molecule has 1 atom stereocenters. The van der Waals surface area contributed by atoms with Crippen molar-refractivity contribution in [3.8, 4) is 0 Å². The van der Waals surface area contributed by atoms with E-state index in [-0.39, 0.29) is 11.7 Å². The average Bonchev–Trinajstić information content (AvgIpc) is 2.49. The molecule has 108 valence electrons. The van der Waals surface area contributed by atoms with Gasteiger partial charge in [0.25, 0.3) is 5.91 Å². The monoisotopic (exact) mass is 303 g/mol. The van der Waals surface area contributed by atoms with Gasteiger partial charge in [-0.05, 0) is 47.7 Å². The fraction of sp³-hybridized carbons (Fsp3) is 0.235. The van der Waals surface area contributed by atoms with Gasteiger partial charge in [-0.25, -0.2) is 4.39 Å². The molecule has 1 unspecified atom stereocenters. The summed E-state index contributed by atoms with van der Waals surface area (Å²) in [7, 11) is 0. The predicted molar refractivity (Wildman–Crippen MR) is 81.3 cm³/mol. The summed E-state index contributed by atoms with van der Waals surface area (Å²) in [5.41, 5.74) is 3.78. The summed E-state index contributed by atoms with van der Waals surface area (Å²) in [4.78, 5) is 11.9. The van der Waals surface area contributed by atoms with Crippen LogP contribution >= 0.6 is 11.6 Å². The Bertz CT molecular complexity index is 714. The maximum Gasteiger partial charge on any atom is 0.251 e. The van der Waals surface area contributed by atoms with Gasteiger partial charge in [-0.3, -0.25) is 4.79 Å². The van der Waals surface area contributed by atoms with Crippen LogP contribution in [0.3, 0.4) is 0 Å². The maximum absolute atomic E-state index is 13.7. The van der Waals surface area contributed by atoms with Crippen molar-refractivity contribution in [2.24, 2.45) is 0 Å². The van der Waals surface area contributed by atoms with Gasteiger partial charge in [-0.2, -0.15) is 0 Å². The van der Waals surface area contributed by atoms with Crippen molar-refractivity contribution in [1.82, 2.24) is 5.32 Å². The van der Waals surface area contributed by atoms with Crippen LogP contribution in [0.2, 0.25) is 0 Å². The lowest BCUT2D eigenvalue weighted by Gasteiger charge is -2.19. The molecule has 0 fully saturated rings. The van der Waals surface area contributed by atoms with Gasteiger partial charge in [-0.1, -0.05) is 24.3 Å². The normalized spacial score (nSPS) is 15.3. The van der Waals surface area contributed by atoms with E-state index in [4.69, 9.17) is 11.6 Å². The zero-order valence-corrected chi connectivity index (χ0v) is 12.4. The smallest absolute Gasteiger partial charge is 0.251 e. The molecule has 21 heavy (non-hydrogen) atoms. The summed E-state index contributed by atoms with van der Waals surface area (Å²) in [6.07, 6.45) is 0.827. The van der Waals surface area contributed by atoms with E-state index in [1.54, 1.807) is 19.1 Å². The number of nitrogens with one attached hydrogen (secondary N) is 1. The van der Waals surface area contributed by atoms with E-state index in [0.29, 0.717) is 23.2 Å². The Morgan fingerprint density at radius 3 is 2.67 bits per heavy atom. The molecule has 1 aliphatic heterocycles. The first-order chi connectivity index (χ1) is 10.1. The molecule has 4 heteroatoms. The summed E-state index contributed by atoms with van der Waals surface area (Å²) in [5, 5.41) is 2.35. The lowest BCUT2D eigenvalue weighted by molar-refractivity contribution is 0.0946. The van der Waals surface area contributed by atoms with E-state index >= 15 is 0 Å². The van der Waals surface area contributed by atoms with Crippen LogP contribution in [0, 0.1) is 12.7 Å². The Labute approximate surface area is 127 Å². The van der Waals surface area contributed by atoms with Gasteiger partial charge >= 0.3 is 0 Å². The third-order valence-corrected chi connectivity index (χ3v) is 4.34. The highest BCUT2D eigenvalue weighted by molar-refractivity contribution is 6.22. The van der Waals surface area contributed by atoms with E-state index in [2.05, 4.69) is 5.32 Å². The second-order valence-corrected chi connectivity index (χ2v) is 5.73. The Kier molecular flexibility index (Phi) is 3.68. The molecular formula is C17H15ClFNO. The molecular weight excluding hydrogens is 289 g/mol. The average molecular weight is 304 g/mol. The number of hydrogen-bond acceptors (Lipinski definition) is 1. The number of hydrogen-bond donors (Lipinski definition) is 1. The van der Waals surface area contributed by atoms with Crippen molar-refractivity contribution in [1.29, 1.82) is 0 Å². The molecule has 0 saturated carbocycles. The zero-order chi connectivity index (χ0) is 15.0. The first-order valence-corrected chi connectivity index (χ1v) is 7.31. The van der Waals surface area contributed by atoms with Crippen LogP contribution < -0.4 is 5.32 Å². The van der Waals surface area contributed by atoms with Crippen molar-refractivity contribution in [3.05, 3.63) is 70.0 Å². The van der Waals surface area contributed by atoms with Crippen LogP contribution in [0.15, 0.2) is 36.4 Å². The summed E-state index contributed by atoms with van der Waals surface area (Å²) < 4.78 is 13.7. The minimum Gasteiger partial charge on any atom is -0.352 e. The number of benzene rings is 2. The highest BCUT2D eigenvalue weighted by Gasteiger charge is 2.19. The SMILES string of the molecule is Cc1ccc(C(Cl)c2ccc3c(c2)C(=O)NCC3)cc1F. The van der Waals surface area contributed by atoms with Crippen molar-refractivity contribution >= 4 is 17.5 Å². The molecule has 0 bridgehead atoms. The van der Waals surface area contributed by atoms with Crippen LogP contribution in [0.25, 0.3) is 0 Å². The Morgan fingerprint density at radius 1 is 1.19 bits per heavy atom. The Morgan fingerprint density at radius 2 is 1.90 bits per heavy atom. The number of carbonyl (C=O) groups is 1. The first-order valence-electron chi connectivity index (χ1n) is 6.87. The molecule has 1 N–H and O–H groups in total. The summed E-state index contributed by atoms with van der Waals surface area (Å²) in [5.74, 6) is -0.342. The summed E-state index contributed by atoms with van der Waals surface area (Å²) in [6, 6.07) is 10.6. The molecule has 2 aromatic carbocycles. The van der Waals surface area contributed by atoms with E-state index < -0.39 is 5.38 Å². The molecule has 0 radical (unpaired) electrons.